The molecule has 1 aromatic rings. The van der Waals surface area contributed by atoms with Gasteiger partial charge in [-0.05, 0) is 30.2 Å². The van der Waals surface area contributed by atoms with Crippen LogP contribution >= 0.6 is 0 Å². The predicted molar refractivity (Wildman–Crippen MR) is 81.2 cm³/mol. The number of nitrogens with one attached hydrogen (secondary N) is 1. The van der Waals surface area contributed by atoms with Crippen LogP contribution in [0.15, 0.2) is 18.2 Å². The molecule has 0 saturated heterocycles. The van der Waals surface area contributed by atoms with Crippen LogP contribution in [0.1, 0.15) is 24.8 Å². The van der Waals surface area contributed by atoms with Crippen molar-refractivity contribution in [3.8, 4) is 5.75 Å². The lowest BCUT2D eigenvalue weighted by Crippen LogP contribution is -2.29. The monoisotopic (exact) mass is 312 g/mol. The highest BCUT2D eigenvalue weighted by molar-refractivity contribution is 7.92. The van der Waals surface area contributed by atoms with Gasteiger partial charge in [0.15, 0.2) is 0 Å². The number of benzene rings is 1. The Labute approximate surface area is 125 Å². The van der Waals surface area contributed by atoms with Gasteiger partial charge in [-0.3, -0.25) is 9.10 Å². The van der Waals surface area contributed by atoms with E-state index in [1.807, 2.05) is 6.07 Å². The molecule has 0 fully saturated rings. The zero-order valence-corrected chi connectivity index (χ0v) is 13.2. The van der Waals surface area contributed by atoms with E-state index in [0.717, 1.165) is 5.56 Å². The van der Waals surface area contributed by atoms with Gasteiger partial charge in [-0.1, -0.05) is 0 Å². The molecule has 2 rings (SSSR count). The average Bonchev–Trinajstić information content (AvgIpc) is 2.76. The molecule has 0 spiro atoms. The van der Waals surface area contributed by atoms with Gasteiger partial charge < -0.3 is 10.1 Å². The molecule has 1 unspecified atom stereocenters. The van der Waals surface area contributed by atoms with Gasteiger partial charge >= 0.3 is 0 Å². The molecule has 1 aliphatic rings. The van der Waals surface area contributed by atoms with Crippen molar-refractivity contribution in [3.63, 3.8) is 0 Å². The maximum absolute atomic E-state index is 11.9. The number of methoxy groups -OCH3 is 1. The quantitative estimate of drug-likeness (QED) is 0.883. The van der Waals surface area contributed by atoms with Crippen LogP contribution in [0.3, 0.4) is 0 Å². The maximum atomic E-state index is 11.9. The molecule has 7 heteroatoms. The summed E-state index contributed by atoms with van der Waals surface area (Å²) in [7, 11) is -1.72. The SMILES string of the molecule is COc1ccc2c(c1)C(CCNC(C)=O)CN2S(C)(=O)=O. The summed E-state index contributed by atoms with van der Waals surface area (Å²) in [6.45, 7) is 2.39. The van der Waals surface area contributed by atoms with Crippen molar-refractivity contribution < 1.29 is 17.9 Å². The Kier molecular flexibility index (Phi) is 4.41. The van der Waals surface area contributed by atoms with Crippen LogP contribution in [0.5, 0.6) is 5.75 Å². The minimum Gasteiger partial charge on any atom is -0.497 e. The van der Waals surface area contributed by atoms with Gasteiger partial charge in [0, 0.05) is 25.9 Å². The molecule has 0 saturated carbocycles. The summed E-state index contributed by atoms with van der Waals surface area (Å²) in [5.74, 6) is 0.670. The van der Waals surface area contributed by atoms with E-state index >= 15 is 0 Å². The molecule has 0 bridgehead atoms. The third kappa shape index (κ3) is 3.47. The lowest BCUT2D eigenvalue weighted by molar-refractivity contribution is -0.118. The molecule has 21 heavy (non-hydrogen) atoms. The molecule has 1 aliphatic heterocycles. The van der Waals surface area contributed by atoms with Crippen LogP contribution in [0.25, 0.3) is 0 Å². The number of fused-ring (bicyclic) bond motifs is 1. The number of rotatable bonds is 5. The number of hydrogen-bond acceptors (Lipinski definition) is 4. The number of hydrogen-bond donors (Lipinski definition) is 1. The number of carbonyl (C=O) groups excluding carboxylic acids is 1. The highest BCUT2D eigenvalue weighted by Crippen LogP contribution is 2.41. The second-order valence-corrected chi connectivity index (χ2v) is 7.09. The summed E-state index contributed by atoms with van der Waals surface area (Å²) in [4.78, 5) is 10.9. The molecular formula is C14H20N2O4S. The first-order valence-corrected chi connectivity index (χ1v) is 8.58. The number of carbonyl (C=O) groups is 1. The Bertz CT molecular complexity index is 642. The first kappa shape index (κ1) is 15.6. The fourth-order valence-corrected chi connectivity index (χ4v) is 3.57. The van der Waals surface area contributed by atoms with Crippen molar-refractivity contribution in [1.82, 2.24) is 5.32 Å². The van der Waals surface area contributed by atoms with Crippen molar-refractivity contribution in [2.45, 2.75) is 19.3 Å². The van der Waals surface area contributed by atoms with Crippen molar-refractivity contribution in [2.24, 2.45) is 0 Å². The standard InChI is InChI=1S/C14H20N2O4S/c1-10(17)15-7-6-11-9-16(21(3,18)19)14-5-4-12(20-2)8-13(11)14/h4-5,8,11H,6-7,9H2,1-3H3,(H,15,17). The summed E-state index contributed by atoms with van der Waals surface area (Å²) < 4.78 is 30.4. The molecule has 1 atom stereocenters. The Morgan fingerprint density at radius 2 is 2.19 bits per heavy atom. The summed E-state index contributed by atoms with van der Waals surface area (Å²) in [6.07, 6.45) is 1.89. The Hall–Kier alpha value is -1.76. The zero-order valence-electron chi connectivity index (χ0n) is 12.4. The average molecular weight is 312 g/mol. The summed E-state index contributed by atoms with van der Waals surface area (Å²) in [5.41, 5.74) is 1.65. The van der Waals surface area contributed by atoms with Crippen LogP contribution < -0.4 is 14.4 Å². The first-order valence-electron chi connectivity index (χ1n) is 6.73. The van der Waals surface area contributed by atoms with Crippen LogP contribution in [-0.4, -0.2) is 40.8 Å². The van der Waals surface area contributed by atoms with Gasteiger partial charge in [0.25, 0.3) is 0 Å². The third-order valence-corrected chi connectivity index (χ3v) is 4.74. The Morgan fingerprint density at radius 1 is 1.48 bits per heavy atom. The minimum atomic E-state index is -3.30. The molecule has 0 aromatic heterocycles. The molecular weight excluding hydrogens is 292 g/mol. The van der Waals surface area contributed by atoms with Crippen LogP contribution in [0, 0.1) is 0 Å². The van der Waals surface area contributed by atoms with E-state index in [1.54, 1.807) is 19.2 Å². The molecule has 116 valence electrons. The topological polar surface area (TPSA) is 75.7 Å². The van der Waals surface area contributed by atoms with Gasteiger partial charge in [0.05, 0.1) is 19.1 Å². The van der Waals surface area contributed by atoms with Crippen LogP contribution in [0.2, 0.25) is 0 Å². The van der Waals surface area contributed by atoms with E-state index < -0.39 is 10.0 Å². The van der Waals surface area contributed by atoms with Crippen LogP contribution in [-0.2, 0) is 14.8 Å². The summed E-state index contributed by atoms with van der Waals surface area (Å²) >= 11 is 0. The smallest absolute Gasteiger partial charge is 0.232 e. The van der Waals surface area contributed by atoms with Gasteiger partial charge in [-0.15, -0.1) is 0 Å². The second kappa shape index (κ2) is 5.93. The van der Waals surface area contributed by atoms with Gasteiger partial charge in [0.1, 0.15) is 5.75 Å². The van der Waals surface area contributed by atoms with E-state index in [1.165, 1.54) is 17.5 Å². The summed E-state index contributed by atoms with van der Waals surface area (Å²) in [5, 5.41) is 2.75. The van der Waals surface area contributed by atoms with E-state index in [-0.39, 0.29) is 11.8 Å². The molecule has 1 N–H and O–H groups in total. The Balaban J connectivity index is 2.28. The number of ether oxygens (including phenoxy) is 1. The largest absolute Gasteiger partial charge is 0.497 e. The van der Waals surface area contributed by atoms with E-state index in [4.69, 9.17) is 4.74 Å². The Morgan fingerprint density at radius 3 is 2.76 bits per heavy atom. The second-order valence-electron chi connectivity index (χ2n) is 5.19. The van der Waals surface area contributed by atoms with Crippen molar-refractivity contribution in [3.05, 3.63) is 23.8 Å². The van der Waals surface area contributed by atoms with Gasteiger partial charge in [-0.25, -0.2) is 8.42 Å². The molecule has 6 nitrogen and oxygen atoms in total. The van der Waals surface area contributed by atoms with Crippen molar-refractivity contribution >= 4 is 21.6 Å². The van der Waals surface area contributed by atoms with E-state index in [2.05, 4.69) is 5.32 Å². The third-order valence-electron chi connectivity index (χ3n) is 3.60. The molecule has 1 aromatic carbocycles. The van der Waals surface area contributed by atoms with Crippen molar-refractivity contribution in [2.75, 3.05) is 30.8 Å². The molecule has 1 heterocycles. The zero-order chi connectivity index (χ0) is 15.6. The minimum absolute atomic E-state index is 0.0525. The fraction of sp³-hybridized carbons (Fsp3) is 0.500. The van der Waals surface area contributed by atoms with Crippen molar-refractivity contribution in [1.29, 1.82) is 0 Å². The van der Waals surface area contributed by atoms with Crippen LogP contribution in [0.4, 0.5) is 5.69 Å². The summed E-state index contributed by atoms with van der Waals surface area (Å²) in [6, 6.07) is 5.40. The van der Waals surface area contributed by atoms with E-state index in [0.29, 0.717) is 30.9 Å². The first-order chi connectivity index (χ1) is 9.82. The fourth-order valence-electron chi connectivity index (χ4n) is 2.59. The molecule has 1 amide bonds. The van der Waals surface area contributed by atoms with E-state index in [9.17, 15) is 13.2 Å². The molecule has 0 radical (unpaired) electrons. The number of anilines is 1. The van der Waals surface area contributed by atoms with Gasteiger partial charge in [0.2, 0.25) is 15.9 Å². The lowest BCUT2D eigenvalue weighted by atomic mass is 9.97. The highest BCUT2D eigenvalue weighted by atomic mass is 32.2. The lowest BCUT2D eigenvalue weighted by Gasteiger charge is -2.17. The maximum Gasteiger partial charge on any atom is 0.232 e. The number of sulfonamides is 1. The number of amides is 1. The number of nitrogens with zero attached hydrogens (tertiary/aromatic N) is 1. The predicted octanol–water partition coefficient (Wildman–Crippen LogP) is 1.08. The van der Waals surface area contributed by atoms with Gasteiger partial charge in [-0.2, -0.15) is 0 Å². The normalized spacial score (nSPS) is 17.5. The highest BCUT2D eigenvalue weighted by Gasteiger charge is 2.33. The molecule has 0 aliphatic carbocycles.